The number of carbonyl (C=O) groups is 1. The number of hydrogen-bond donors (Lipinski definition) is 1. The van der Waals surface area contributed by atoms with Crippen molar-refractivity contribution in [2.24, 2.45) is 0 Å². The van der Waals surface area contributed by atoms with Crippen LogP contribution in [0.25, 0.3) is 5.69 Å². The van der Waals surface area contributed by atoms with Gasteiger partial charge in [0.05, 0.1) is 28.1 Å². The average Bonchev–Trinajstić information content (AvgIpc) is 3.37. The van der Waals surface area contributed by atoms with Crippen molar-refractivity contribution in [3.8, 4) is 5.69 Å². The second-order valence-corrected chi connectivity index (χ2v) is 8.66. The van der Waals surface area contributed by atoms with Gasteiger partial charge in [0.25, 0.3) is 5.56 Å². The van der Waals surface area contributed by atoms with Crippen LogP contribution in [0, 0.1) is 5.82 Å². The summed E-state index contributed by atoms with van der Waals surface area (Å²) in [6.07, 6.45) is 2.80. The van der Waals surface area contributed by atoms with Gasteiger partial charge in [-0.3, -0.25) is 14.2 Å². The minimum absolute atomic E-state index is 0.0847. The summed E-state index contributed by atoms with van der Waals surface area (Å²) >= 11 is 2.70. The summed E-state index contributed by atoms with van der Waals surface area (Å²) in [5, 5.41) is 3.32. The minimum atomic E-state index is -0.372. The molecule has 1 atom stereocenters. The lowest BCUT2D eigenvalue weighted by atomic mass is 10.2. The molecule has 0 radical (unpaired) electrons. The molecule has 0 bridgehead atoms. The highest BCUT2D eigenvalue weighted by atomic mass is 32.2. The molecule has 6 nitrogen and oxygen atoms in total. The number of hydrogen-bond acceptors (Lipinski definition) is 6. The largest absolute Gasteiger partial charge is 0.376 e. The van der Waals surface area contributed by atoms with E-state index in [0.29, 0.717) is 22.3 Å². The topological polar surface area (TPSA) is 73.2 Å². The number of aryl methyl sites for hydroxylation is 1. The number of fused-ring (bicyclic) bond motifs is 1. The molecule has 9 heteroatoms. The molecule has 0 unspecified atom stereocenters. The van der Waals surface area contributed by atoms with Crippen molar-refractivity contribution >= 4 is 29.4 Å². The summed E-state index contributed by atoms with van der Waals surface area (Å²) in [6, 6.07) is 5.72. The highest BCUT2D eigenvalue weighted by molar-refractivity contribution is 8.00. The first-order valence-electron chi connectivity index (χ1n) is 9.17. The molecule has 2 aliphatic heterocycles. The Bertz CT molecular complexity index is 927. The van der Waals surface area contributed by atoms with E-state index < -0.39 is 0 Å². The van der Waals surface area contributed by atoms with Gasteiger partial charge in [-0.05, 0) is 37.1 Å². The van der Waals surface area contributed by atoms with Gasteiger partial charge in [-0.2, -0.15) is 0 Å². The smallest absolute Gasteiger partial charge is 0.272 e. The van der Waals surface area contributed by atoms with Crippen LogP contribution < -0.4 is 10.9 Å². The highest BCUT2D eigenvalue weighted by Gasteiger charge is 2.23. The number of halogens is 1. The van der Waals surface area contributed by atoms with Gasteiger partial charge in [0.15, 0.2) is 5.16 Å². The summed E-state index contributed by atoms with van der Waals surface area (Å²) in [4.78, 5) is 30.5. The molecule has 1 aromatic carbocycles. The first-order chi connectivity index (χ1) is 13.6. The second-order valence-electron chi connectivity index (χ2n) is 6.61. The number of nitrogens with zero attached hydrogens (tertiary/aromatic N) is 2. The lowest BCUT2D eigenvalue weighted by Gasteiger charge is -2.14. The van der Waals surface area contributed by atoms with Gasteiger partial charge in [0.1, 0.15) is 5.82 Å². The van der Waals surface area contributed by atoms with Gasteiger partial charge in [0, 0.05) is 25.3 Å². The molecule has 0 spiro atoms. The van der Waals surface area contributed by atoms with Gasteiger partial charge < -0.3 is 10.1 Å². The van der Waals surface area contributed by atoms with Crippen molar-refractivity contribution in [1.82, 2.24) is 14.9 Å². The van der Waals surface area contributed by atoms with Crippen LogP contribution in [0.15, 0.2) is 39.1 Å². The summed E-state index contributed by atoms with van der Waals surface area (Å²) in [5.41, 5.74) is 1.15. The molecule has 1 amide bonds. The van der Waals surface area contributed by atoms with Crippen LogP contribution in [-0.4, -0.2) is 46.2 Å². The lowest BCUT2D eigenvalue weighted by Crippen LogP contribution is -2.33. The summed E-state index contributed by atoms with van der Waals surface area (Å²) < 4.78 is 20.3. The normalized spacial score (nSPS) is 18.2. The first kappa shape index (κ1) is 19.5. The van der Waals surface area contributed by atoms with Crippen molar-refractivity contribution in [3.05, 3.63) is 46.1 Å². The molecule has 1 N–H and O–H groups in total. The minimum Gasteiger partial charge on any atom is -0.376 e. The Morgan fingerprint density at radius 3 is 2.96 bits per heavy atom. The Hall–Kier alpha value is -1.84. The molecule has 0 saturated carbocycles. The van der Waals surface area contributed by atoms with Crippen LogP contribution >= 0.6 is 23.5 Å². The Balaban J connectivity index is 1.53. The molecule has 3 heterocycles. The summed E-state index contributed by atoms with van der Waals surface area (Å²) in [6.45, 7) is 1.24. The van der Waals surface area contributed by atoms with Crippen molar-refractivity contribution < 1.29 is 13.9 Å². The van der Waals surface area contributed by atoms with Crippen LogP contribution in [0.5, 0.6) is 0 Å². The monoisotopic (exact) mass is 421 g/mol. The van der Waals surface area contributed by atoms with Crippen LogP contribution in [-0.2, 0) is 16.0 Å². The maximum absolute atomic E-state index is 13.3. The highest BCUT2D eigenvalue weighted by Crippen LogP contribution is 2.30. The lowest BCUT2D eigenvalue weighted by molar-refractivity contribution is -0.119. The van der Waals surface area contributed by atoms with E-state index in [-0.39, 0.29) is 29.1 Å². The maximum Gasteiger partial charge on any atom is 0.272 e. The van der Waals surface area contributed by atoms with E-state index in [4.69, 9.17) is 4.74 Å². The van der Waals surface area contributed by atoms with Gasteiger partial charge in [0.2, 0.25) is 5.91 Å². The number of carbonyl (C=O) groups excluding carboxylic acids is 1. The second kappa shape index (κ2) is 8.67. The molecule has 4 rings (SSSR count). The maximum atomic E-state index is 13.3. The fraction of sp³-hybridized carbons (Fsp3) is 0.421. The Kier molecular flexibility index (Phi) is 6.03. The number of benzene rings is 1. The summed E-state index contributed by atoms with van der Waals surface area (Å²) in [5.74, 6) is 0.460. The molecule has 2 aromatic rings. The number of aromatic nitrogens is 2. The molecular formula is C19H20FN3O3S2. The van der Waals surface area contributed by atoms with E-state index in [0.717, 1.165) is 37.3 Å². The SMILES string of the molecule is O=C(CSc1nc2c(c(=O)n1-c1ccc(F)cc1)SCC2)NC[C@@H]1CCCO1. The van der Waals surface area contributed by atoms with Crippen molar-refractivity contribution in [2.75, 3.05) is 24.7 Å². The molecule has 2 aliphatic rings. The third kappa shape index (κ3) is 4.26. The molecule has 1 aromatic heterocycles. The average molecular weight is 422 g/mol. The molecule has 28 heavy (non-hydrogen) atoms. The van der Waals surface area contributed by atoms with E-state index >= 15 is 0 Å². The fourth-order valence-corrected chi connectivity index (χ4v) is 5.10. The summed E-state index contributed by atoms with van der Waals surface area (Å²) in [7, 11) is 0. The number of ether oxygens (including phenoxy) is 1. The van der Waals surface area contributed by atoms with Gasteiger partial charge >= 0.3 is 0 Å². The number of amides is 1. The van der Waals surface area contributed by atoms with Gasteiger partial charge in [-0.15, -0.1) is 11.8 Å². The van der Waals surface area contributed by atoms with Gasteiger partial charge in [-0.25, -0.2) is 9.37 Å². The third-order valence-electron chi connectivity index (χ3n) is 4.63. The van der Waals surface area contributed by atoms with E-state index in [1.165, 1.54) is 40.2 Å². The zero-order valence-electron chi connectivity index (χ0n) is 15.2. The van der Waals surface area contributed by atoms with Crippen molar-refractivity contribution in [3.63, 3.8) is 0 Å². The molecule has 1 saturated heterocycles. The van der Waals surface area contributed by atoms with Crippen LogP contribution in [0.3, 0.4) is 0 Å². The zero-order chi connectivity index (χ0) is 19.5. The standard InChI is InChI=1S/C19H20FN3O3S2/c20-12-3-5-13(6-4-12)23-18(25)17-15(7-9-27-17)22-19(23)28-11-16(24)21-10-14-2-1-8-26-14/h3-6,14H,1-2,7-11H2,(H,21,24)/t14-/m0/s1. The van der Waals surface area contributed by atoms with Crippen LogP contribution in [0.4, 0.5) is 4.39 Å². The molecular weight excluding hydrogens is 401 g/mol. The Morgan fingerprint density at radius 1 is 1.39 bits per heavy atom. The van der Waals surface area contributed by atoms with E-state index in [1.54, 1.807) is 12.1 Å². The van der Waals surface area contributed by atoms with Crippen LogP contribution in [0.1, 0.15) is 18.5 Å². The Morgan fingerprint density at radius 2 is 2.21 bits per heavy atom. The predicted molar refractivity (Wildman–Crippen MR) is 107 cm³/mol. The van der Waals surface area contributed by atoms with Gasteiger partial charge in [-0.1, -0.05) is 11.8 Å². The zero-order valence-corrected chi connectivity index (χ0v) is 16.8. The molecule has 0 aliphatic carbocycles. The predicted octanol–water partition coefficient (Wildman–Crippen LogP) is 2.41. The quantitative estimate of drug-likeness (QED) is 0.570. The molecule has 148 valence electrons. The van der Waals surface area contributed by atoms with Crippen molar-refractivity contribution in [1.29, 1.82) is 0 Å². The van der Waals surface area contributed by atoms with E-state index in [9.17, 15) is 14.0 Å². The Labute approximate surface area is 170 Å². The van der Waals surface area contributed by atoms with Crippen molar-refractivity contribution in [2.45, 2.75) is 35.4 Å². The van der Waals surface area contributed by atoms with Crippen LogP contribution in [0.2, 0.25) is 0 Å². The molecule has 1 fully saturated rings. The van der Waals surface area contributed by atoms with E-state index in [2.05, 4.69) is 10.3 Å². The number of thioether (sulfide) groups is 2. The number of nitrogens with one attached hydrogen (secondary N) is 1. The first-order valence-corrected chi connectivity index (χ1v) is 11.1. The number of rotatable bonds is 6. The fourth-order valence-electron chi connectivity index (χ4n) is 3.22. The van der Waals surface area contributed by atoms with E-state index in [1.807, 2.05) is 0 Å². The third-order valence-corrected chi connectivity index (χ3v) is 6.68.